The van der Waals surface area contributed by atoms with Crippen molar-refractivity contribution in [1.82, 2.24) is 19.8 Å². The number of halogens is 2. The zero-order valence-electron chi connectivity index (χ0n) is 28.9. The van der Waals surface area contributed by atoms with Gasteiger partial charge in [-0.2, -0.15) is 0 Å². The Balaban J connectivity index is 1.09. The van der Waals surface area contributed by atoms with Gasteiger partial charge in [0.05, 0.1) is 41.8 Å². The summed E-state index contributed by atoms with van der Waals surface area (Å²) in [6.07, 6.45) is 8.20. The second kappa shape index (κ2) is 14.7. The zero-order valence-corrected chi connectivity index (χ0v) is 29.7. The lowest BCUT2D eigenvalue weighted by molar-refractivity contribution is -0.111. The highest BCUT2D eigenvalue weighted by molar-refractivity contribution is 6.30. The van der Waals surface area contributed by atoms with Crippen molar-refractivity contribution in [3.05, 3.63) is 71.8 Å². The maximum absolute atomic E-state index is 13.9. The normalized spacial score (nSPS) is 23.6. The van der Waals surface area contributed by atoms with E-state index in [9.17, 15) is 9.18 Å². The Hall–Kier alpha value is -3.97. The van der Waals surface area contributed by atoms with Crippen LogP contribution in [0.2, 0.25) is 5.02 Å². The summed E-state index contributed by atoms with van der Waals surface area (Å²) >= 11 is 6.09. The standard InChI is InChI=1S/C37H46ClFN8O3/c1-5-37(48)43-30-17-31(42-35-19-36(41-22-40-35)47-32(12-15-50-47)25-6-9-29(39)28(38)16-25)34(49-4)18-33(30)44-13-10-27(11-14-44)46-21-23(2)45(20-24(46)3)26-7-8-26/h5-6,9,16-19,22-24,26-27,32H,1,7-8,10-15,20-21H2,2-4H3,(H,43,48)(H,40,41,42)/t23-,24-,32?/m1/s1. The smallest absolute Gasteiger partial charge is 0.247 e. The third-order valence-corrected chi connectivity index (χ3v) is 10.8. The van der Waals surface area contributed by atoms with E-state index in [-0.39, 0.29) is 17.0 Å². The number of piperazine rings is 1. The Morgan fingerprint density at radius 1 is 1.00 bits per heavy atom. The summed E-state index contributed by atoms with van der Waals surface area (Å²) in [6.45, 7) is 12.9. The first-order valence-corrected chi connectivity index (χ1v) is 18.0. The molecule has 0 radical (unpaired) electrons. The second-order valence-corrected chi connectivity index (χ2v) is 14.2. The SMILES string of the molecule is C=CC(=O)Nc1cc(Nc2cc(N3OCCC3c3ccc(F)c(Cl)c3)ncn2)c(OC)cc1N1CCC(N2C[C@@H](C)N(C3CC3)C[C@H]2C)CC1. The monoisotopic (exact) mass is 704 g/mol. The first-order valence-electron chi connectivity index (χ1n) is 17.6. The van der Waals surface area contributed by atoms with Crippen LogP contribution in [0.1, 0.15) is 57.6 Å². The second-order valence-electron chi connectivity index (χ2n) is 13.8. The molecule has 2 aromatic carbocycles. The van der Waals surface area contributed by atoms with Crippen LogP contribution in [-0.2, 0) is 9.63 Å². The minimum atomic E-state index is -0.468. The van der Waals surface area contributed by atoms with Gasteiger partial charge < -0.3 is 20.3 Å². The summed E-state index contributed by atoms with van der Waals surface area (Å²) in [7, 11) is 1.63. The lowest BCUT2D eigenvalue weighted by Crippen LogP contribution is -2.61. The van der Waals surface area contributed by atoms with Crippen LogP contribution in [0.5, 0.6) is 5.75 Å². The average molecular weight is 705 g/mol. The number of benzene rings is 2. The molecule has 13 heteroatoms. The van der Waals surface area contributed by atoms with E-state index in [1.54, 1.807) is 30.4 Å². The summed E-state index contributed by atoms with van der Waals surface area (Å²) in [5.41, 5.74) is 3.00. The number of rotatable bonds is 10. The van der Waals surface area contributed by atoms with Gasteiger partial charge in [-0.3, -0.25) is 19.4 Å². The van der Waals surface area contributed by atoms with E-state index in [2.05, 4.69) is 55.7 Å². The fourth-order valence-corrected chi connectivity index (χ4v) is 8.00. The van der Waals surface area contributed by atoms with Gasteiger partial charge in [-0.25, -0.2) is 19.4 Å². The summed E-state index contributed by atoms with van der Waals surface area (Å²) in [4.78, 5) is 35.3. The molecule has 0 bridgehead atoms. The molecule has 4 aliphatic rings. The van der Waals surface area contributed by atoms with E-state index in [1.807, 2.05) is 12.1 Å². The molecule has 3 atom stereocenters. The number of amides is 1. The largest absolute Gasteiger partial charge is 0.494 e. The first kappa shape index (κ1) is 34.5. The van der Waals surface area contributed by atoms with Crippen LogP contribution in [0.25, 0.3) is 0 Å². The Morgan fingerprint density at radius 3 is 2.38 bits per heavy atom. The van der Waals surface area contributed by atoms with Gasteiger partial charge in [0, 0.05) is 68.9 Å². The summed E-state index contributed by atoms with van der Waals surface area (Å²) in [5, 5.41) is 8.14. The van der Waals surface area contributed by atoms with E-state index >= 15 is 0 Å². The van der Waals surface area contributed by atoms with Crippen molar-refractivity contribution < 1.29 is 18.8 Å². The Bertz CT molecular complexity index is 1720. The Morgan fingerprint density at radius 2 is 1.72 bits per heavy atom. The van der Waals surface area contributed by atoms with Crippen LogP contribution < -0.4 is 25.3 Å². The number of methoxy groups -OCH3 is 1. The minimum Gasteiger partial charge on any atom is -0.494 e. The van der Waals surface area contributed by atoms with Crippen molar-refractivity contribution in [2.75, 3.05) is 60.5 Å². The molecular weight excluding hydrogens is 659 g/mol. The molecule has 2 N–H and O–H groups in total. The van der Waals surface area contributed by atoms with Gasteiger partial charge in [0.2, 0.25) is 5.91 Å². The van der Waals surface area contributed by atoms with Crippen molar-refractivity contribution in [3.63, 3.8) is 0 Å². The number of carbonyl (C=O) groups is 1. The summed E-state index contributed by atoms with van der Waals surface area (Å²) in [6, 6.07) is 12.6. The van der Waals surface area contributed by atoms with Crippen molar-refractivity contribution in [1.29, 1.82) is 0 Å². The molecule has 0 spiro atoms. The highest BCUT2D eigenvalue weighted by Gasteiger charge is 2.40. The number of hydroxylamine groups is 1. The molecule has 4 fully saturated rings. The number of nitrogens with one attached hydrogen (secondary N) is 2. The van der Waals surface area contributed by atoms with Gasteiger partial charge in [0.1, 0.15) is 23.7 Å². The number of hydrogen-bond acceptors (Lipinski definition) is 10. The van der Waals surface area contributed by atoms with Gasteiger partial charge in [-0.15, -0.1) is 0 Å². The predicted octanol–water partition coefficient (Wildman–Crippen LogP) is 6.55. The topological polar surface area (TPSA) is 98.3 Å². The Labute approximate surface area is 298 Å². The van der Waals surface area contributed by atoms with E-state index in [4.69, 9.17) is 21.2 Å². The molecule has 1 amide bonds. The molecule has 3 aromatic rings. The van der Waals surface area contributed by atoms with Crippen molar-refractivity contribution >= 4 is 46.2 Å². The number of hydrogen-bond donors (Lipinski definition) is 2. The van der Waals surface area contributed by atoms with Crippen LogP contribution in [0, 0.1) is 5.82 Å². The van der Waals surface area contributed by atoms with E-state index in [0.717, 1.165) is 56.3 Å². The Kier molecular flexibility index (Phi) is 10.1. The fraction of sp³-hybridized carbons (Fsp3) is 0.486. The number of ether oxygens (including phenoxy) is 1. The van der Waals surface area contributed by atoms with Gasteiger partial charge >= 0.3 is 0 Å². The van der Waals surface area contributed by atoms with Crippen LogP contribution in [0.4, 0.5) is 33.1 Å². The molecule has 1 aliphatic carbocycles. The van der Waals surface area contributed by atoms with Crippen molar-refractivity contribution in [2.24, 2.45) is 0 Å². The van der Waals surface area contributed by atoms with Gasteiger partial charge in [-0.1, -0.05) is 24.2 Å². The van der Waals surface area contributed by atoms with Gasteiger partial charge in [-0.05, 0) is 69.4 Å². The summed E-state index contributed by atoms with van der Waals surface area (Å²) < 4.78 is 19.8. The van der Waals surface area contributed by atoms with Gasteiger partial charge in [0.15, 0.2) is 5.82 Å². The molecule has 1 saturated carbocycles. The molecule has 3 aliphatic heterocycles. The molecule has 50 heavy (non-hydrogen) atoms. The zero-order chi connectivity index (χ0) is 34.9. The quantitative estimate of drug-likeness (QED) is 0.226. The fourth-order valence-electron chi connectivity index (χ4n) is 7.81. The lowest BCUT2D eigenvalue weighted by Gasteiger charge is -2.49. The molecule has 1 aromatic heterocycles. The van der Waals surface area contributed by atoms with Crippen LogP contribution in [0.15, 0.2) is 55.4 Å². The molecule has 1 unspecified atom stereocenters. The van der Waals surface area contributed by atoms with Crippen LogP contribution in [0.3, 0.4) is 0 Å². The first-order chi connectivity index (χ1) is 24.2. The number of piperidine rings is 1. The van der Waals surface area contributed by atoms with Crippen LogP contribution >= 0.6 is 11.6 Å². The maximum Gasteiger partial charge on any atom is 0.247 e. The molecular formula is C37H46ClFN8O3. The molecule has 4 heterocycles. The molecule has 266 valence electrons. The number of anilines is 5. The number of aromatic nitrogens is 2. The lowest BCUT2D eigenvalue weighted by atomic mass is 9.97. The molecule has 7 rings (SSSR count). The van der Waals surface area contributed by atoms with Crippen molar-refractivity contribution in [2.45, 2.75) is 76.2 Å². The molecule has 3 saturated heterocycles. The highest BCUT2D eigenvalue weighted by atomic mass is 35.5. The maximum atomic E-state index is 13.9. The highest BCUT2D eigenvalue weighted by Crippen LogP contribution is 2.41. The third kappa shape index (κ3) is 7.25. The third-order valence-electron chi connectivity index (χ3n) is 10.5. The predicted molar refractivity (Wildman–Crippen MR) is 195 cm³/mol. The van der Waals surface area contributed by atoms with E-state index in [1.165, 1.54) is 31.3 Å². The molecule has 11 nitrogen and oxygen atoms in total. The average Bonchev–Trinajstić information content (AvgIpc) is 3.85. The van der Waals surface area contributed by atoms with E-state index < -0.39 is 5.82 Å². The summed E-state index contributed by atoms with van der Waals surface area (Å²) in [5.74, 6) is 0.871. The number of carbonyl (C=O) groups excluding carboxylic acids is 1. The number of nitrogens with zero attached hydrogens (tertiary/aromatic N) is 6. The van der Waals surface area contributed by atoms with Crippen molar-refractivity contribution in [3.8, 4) is 5.75 Å². The van der Waals surface area contributed by atoms with E-state index in [0.29, 0.717) is 59.9 Å². The van der Waals surface area contributed by atoms with Gasteiger partial charge in [0.25, 0.3) is 0 Å². The minimum absolute atomic E-state index is 0.0603. The van der Waals surface area contributed by atoms with Crippen LogP contribution in [-0.4, -0.2) is 89.7 Å².